The van der Waals surface area contributed by atoms with Gasteiger partial charge < -0.3 is 16.2 Å². The Morgan fingerprint density at radius 3 is 2.17 bits per heavy atom. The molecule has 98 valence electrons. The first-order valence-corrected chi connectivity index (χ1v) is 5.84. The summed E-state index contributed by atoms with van der Waals surface area (Å²) < 4.78 is 0. The fourth-order valence-electron chi connectivity index (χ4n) is 1.60. The van der Waals surface area contributed by atoms with Gasteiger partial charge in [-0.25, -0.2) is 0 Å². The van der Waals surface area contributed by atoms with Gasteiger partial charge >= 0.3 is 0 Å². The molecule has 0 saturated heterocycles. The van der Waals surface area contributed by atoms with E-state index in [1.54, 1.807) is 6.92 Å². The number of aliphatic hydroxyl groups is 1. The van der Waals surface area contributed by atoms with Crippen molar-refractivity contribution in [3.8, 4) is 0 Å². The number of rotatable bonds is 5. The second-order valence-corrected chi connectivity index (χ2v) is 4.17. The molecule has 5 nitrogen and oxygen atoms in total. The van der Waals surface area contributed by atoms with Gasteiger partial charge in [0.15, 0.2) is 0 Å². The first kappa shape index (κ1) is 14.2. The fraction of sp³-hybridized carbons (Fsp3) is 0.385. The van der Waals surface area contributed by atoms with E-state index in [9.17, 15) is 14.7 Å². The van der Waals surface area contributed by atoms with Gasteiger partial charge in [-0.3, -0.25) is 9.59 Å². The number of nitrogens with one attached hydrogen (secondary N) is 1. The van der Waals surface area contributed by atoms with E-state index in [1.807, 2.05) is 6.92 Å². The second kappa shape index (κ2) is 6.16. The summed E-state index contributed by atoms with van der Waals surface area (Å²) in [5.74, 6) is -0.809. The predicted molar refractivity (Wildman–Crippen MR) is 68.2 cm³/mol. The molecule has 0 fully saturated rings. The first-order chi connectivity index (χ1) is 8.45. The van der Waals surface area contributed by atoms with Crippen molar-refractivity contribution in [1.82, 2.24) is 5.32 Å². The third-order valence-electron chi connectivity index (χ3n) is 2.77. The minimum absolute atomic E-state index is 0.279. The number of aliphatic hydroxyl groups excluding tert-OH is 1. The third-order valence-corrected chi connectivity index (χ3v) is 2.77. The van der Waals surface area contributed by atoms with Gasteiger partial charge in [0.05, 0.1) is 12.1 Å². The summed E-state index contributed by atoms with van der Waals surface area (Å²) in [4.78, 5) is 22.7. The molecule has 1 rings (SSSR count). The van der Waals surface area contributed by atoms with Crippen LogP contribution in [0.3, 0.4) is 0 Å². The molecular weight excluding hydrogens is 232 g/mol. The summed E-state index contributed by atoms with van der Waals surface area (Å²) >= 11 is 0. The zero-order valence-electron chi connectivity index (χ0n) is 10.5. The molecule has 4 N–H and O–H groups in total. The van der Waals surface area contributed by atoms with E-state index in [0.717, 1.165) is 0 Å². The van der Waals surface area contributed by atoms with Gasteiger partial charge in [-0.15, -0.1) is 0 Å². The lowest BCUT2D eigenvalue weighted by atomic mass is 10.1. The van der Waals surface area contributed by atoms with E-state index >= 15 is 0 Å². The fourth-order valence-corrected chi connectivity index (χ4v) is 1.60. The van der Waals surface area contributed by atoms with E-state index < -0.39 is 12.0 Å². The van der Waals surface area contributed by atoms with Crippen molar-refractivity contribution in [1.29, 1.82) is 0 Å². The van der Waals surface area contributed by atoms with Crippen LogP contribution in [-0.4, -0.2) is 29.1 Å². The third kappa shape index (κ3) is 3.56. The van der Waals surface area contributed by atoms with Crippen molar-refractivity contribution in [2.75, 3.05) is 0 Å². The Morgan fingerprint density at radius 2 is 1.78 bits per heavy atom. The zero-order chi connectivity index (χ0) is 13.7. The number of amides is 2. The topological polar surface area (TPSA) is 92.4 Å². The molecule has 2 amide bonds. The Balaban J connectivity index is 2.75. The van der Waals surface area contributed by atoms with Crippen LogP contribution in [0.5, 0.6) is 0 Å². The van der Waals surface area contributed by atoms with Gasteiger partial charge in [0.2, 0.25) is 5.91 Å². The van der Waals surface area contributed by atoms with Crippen molar-refractivity contribution in [3.63, 3.8) is 0 Å². The summed E-state index contributed by atoms with van der Waals surface area (Å²) in [7, 11) is 0. The van der Waals surface area contributed by atoms with Gasteiger partial charge in [-0.1, -0.05) is 6.92 Å². The lowest BCUT2D eigenvalue weighted by Gasteiger charge is -2.19. The Morgan fingerprint density at radius 1 is 1.28 bits per heavy atom. The lowest BCUT2D eigenvalue weighted by Crippen LogP contribution is -2.41. The Bertz CT molecular complexity index is 426. The molecule has 2 unspecified atom stereocenters. The lowest BCUT2D eigenvalue weighted by molar-refractivity contribution is 0.0854. The Kier molecular flexibility index (Phi) is 4.85. The van der Waals surface area contributed by atoms with Crippen molar-refractivity contribution in [2.24, 2.45) is 5.73 Å². The molecule has 0 heterocycles. The number of primary amides is 1. The van der Waals surface area contributed by atoms with Gasteiger partial charge in [-0.05, 0) is 37.6 Å². The van der Waals surface area contributed by atoms with Crippen LogP contribution in [0.2, 0.25) is 0 Å². The van der Waals surface area contributed by atoms with Crippen molar-refractivity contribution in [2.45, 2.75) is 32.4 Å². The van der Waals surface area contributed by atoms with Gasteiger partial charge in [-0.2, -0.15) is 0 Å². The number of benzene rings is 1. The van der Waals surface area contributed by atoms with Gasteiger partial charge in [0.1, 0.15) is 0 Å². The molecular formula is C13H18N2O3. The Labute approximate surface area is 106 Å². The van der Waals surface area contributed by atoms with E-state index in [4.69, 9.17) is 5.73 Å². The molecule has 0 aliphatic heterocycles. The summed E-state index contributed by atoms with van der Waals surface area (Å²) in [6.45, 7) is 3.51. The molecule has 18 heavy (non-hydrogen) atoms. The largest absolute Gasteiger partial charge is 0.391 e. The van der Waals surface area contributed by atoms with Crippen molar-refractivity contribution >= 4 is 11.8 Å². The highest BCUT2D eigenvalue weighted by Gasteiger charge is 2.16. The number of nitrogens with two attached hydrogens (primary N) is 1. The van der Waals surface area contributed by atoms with E-state index in [-0.39, 0.29) is 11.9 Å². The molecule has 0 saturated carbocycles. The minimum Gasteiger partial charge on any atom is -0.391 e. The normalized spacial score (nSPS) is 13.7. The molecule has 5 heteroatoms. The van der Waals surface area contributed by atoms with Crippen LogP contribution >= 0.6 is 0 Å². The molecule has 0 aliphatic carbocycles. The standard InChI is InChI=1S/C13H18N2O3/c1-3-11(8(2)16)15-13(18)10-6-4-9(5-7-10)12(14)17/h4-8,11,16H,3H2,1-2H3,(H2,14,17)(H,15,18). The SMILES string of the molecule is CCC(NC(=O)c1ccc(C(N)=O)cc1)C(C)O. The number of carbonyl (C=O) groups is 2. The van der Waals surface area contributed by atoms with Crippen LogP contribution < -0.4 is 11.1 Å². The zero-order valence-corrected chi connectivity index (χ0v) is 10.5. The van der Waals surface area contributed by atoms with E-state index in [2.05, 4.69) is 5.32 Å². The smallest absolute Gasteiger partial charge is 0.251 e. The van der Waals surface area contributed by atoms with E-state index in [0.29, 0.717) is 17.5 Å². The predicted octanol–water partition coefficient (Wildman–Crippen LogP) is 0.675. The maximum atomic E-state index is 11.9. The molecule has 1 aromatic rings. The van der Waals surface area contributed by atoms with Crippen LogP contribution in [0, 0.1) is 0 Å². The van der Waals surface area contributed by atoms with Crippen LogP contribution in [0.1, 0.15) is 41.0 Å². The van der Waals surface area contributed by atoms with Crippen LogP contribution in [0.4, 0.5) is 0 Å². The minimum atomic E-state index is -0.608. The highest BCUT2D eigenvalue weighted by molar-refractivity contribution is 5.97. The average Bonchev–Trinajstić information content (AvgIpc) is 2.35. The monoisotopic (exact) mass is 250 g/mol. The van der Waals surface area contributed by atoms with Crippen molar-refractivity contribution < 1.29 is 14.7 Å². The quantitative estimate of drug-likeness (QED) is 0.717. The average molecular weight is 250 g/mol. The highest BCUT2D eigenvalue weighted by atomic mass is 16.3. The maximum absolute atomic E-state index is 11.9. The summed E-state index contributed by atoms with van der Waals surface area (Å²) in [5, 5.41) is 12.2. The van der Waals surface area contributed by atoms with Crippen LogP contribution in [0.15, 0.2) is 24.3 Å². The van der Waals surface area contributed by atoms with Gasteiger partial charge in [0, 0.05) is 11.1 Å². The molecule has 0 bridgehead atoms. The highest BCUT2D eigenvalue weighted by Crippen LogP contribution is 2.06. The molecule has 0 radical (unpaired) electrons. The first-order valence-electron chi connectivity index (χ1n) is 5.84. The summed E-state index contributed by atoms with van der Waals surface area (Å²) in [6.07, 6.45) is 0.0341. The van der Waals surface area contributed by atoms with Gasteiger partial charge in [0.25, 0.3) is 5.91 Å². The summed E-state index contributed by atoms with van der Waals surface area (Å²) in [6, 6.07) is 5.78. The molecule has 2 atom stereocenters. The number of hydrogen-bond donors (Lipinski definition) is 3. The molecule has 0 spiro atoms. The van der Waals surface area contributed by atoms with Crippen LogP contribution in [-0.2, 0) is 0 Å². The van der Waals surface area contributed by atoms with Crippen molar-refractivity contribution in [3.05, 3.63) is 35.4 Å². The molecule has 1 aromatic carbocycles. The number of carbonyl (C=O) groups excluding carboxylic acids is 2. The second-order valence-electron chi connectivity index (χ2n) is 4.17. The van der Waals surface area contributed by atoms with Crippen LogP contribution in [0.25, 0.3) is 0 Å². The van der Waals surface area contributed by atoms with E-state index in [1.165, 1.54) is 24.3 Å². The molecule has 0 aromatic heterocycles. The Hall–Kier alpha value is -1.88. The summed E-state index contributed by atoms with van der Waals surface area (Å²) in [5.41, 5.74) is 5.89. The maximum Gasteiger partial charge on any atom is 0.251 e. The molecule has 0 aliphatic rings. The number of hydrogen-bond acceptors (Lipinski definition) is 3.